The van der Waals surface area contributed by atoms with Crippen molar-refractivity contribution in [2.45, 2.75) is 84.0 Å². The summed E-state index contributed by atoms with van der Waals surface area (Å²) in [5.74, 6) is 0.464. The molecule has 1 unspecified atom stereocenters. The molecule has 0 aliphatic carbocycles. The summed E-state index contributed by atoms with van der Waals surface area (Å²) in [5, 5.41) is 0. The van der Waals surface area contributed by atoms with Crippen LogP contribution in [0.15, 0.2) is 12.2 Å². The molecule has 138 valence electrons. The van der Waals surface area contributed by atoms with Gasteiger partial charge in [0.15, 0.2) is 0 Å². The zero-order valence-electron chi connectivity index (χ0n) is 16.6. The molecule has 0 spiro atoms. The van der Waals surface area contributed by atoms with Crippen LogP contribution in [0.25, 0.3) is 0 Å². The molecule has 3 heteroatoms. The van der Waals surface area contributed by atoms with Crippen LogP contribution < -0.4 is 0 Å². The van der Waals surface area contributed by atoms with Crippen molar-refractivity contribution >= 4 is 18.4 Å². The first-order valence-electron chi connectivity index (χ1n) is 9.79. The minimum absolute atomic E-state index is 0.396. The third kappa shape index (κ3) is 10.8. The van der Waals surface area contributed by atoms with Crippen LogP contribution in [0.1, 0.15) is 66.2 Å². The topological polar surface area (TPSA) is 18.5 Å². The molecule has 23 heavy (non-hydrogen) atoms. The Bertz CT molecular complexity index is 270. The molecule has 0 aromatic heterocycles. The molecular formula is C20H42O2Sn. The molecule has 0 rings (SSSR count). The monoisotopic (exact) mass is 434 g/mol. The molecule has 0 aromatic rings. The van der Waals surface area contributed by atoms with Crippen LogP contribution in [0.3, 0.4) is 0 Å². The van der Waals surface area contributed by atoms with Gasteiger partial charge in [-0.2, -0.15) is 0 Å². The van der Waals surface area contributed by atoms with Crippen LogP contribution in [0, 0.1) is 5.92 Å². The van der Waals surface area contributed by atoms with Gasteiger partial charge in [-0.15, -0.1) is 0 Å². The molecule has 0 amide bonds. The standard InChI is InChI=1S/C8H15O2.3C4H9.Sn/c1-7(2)8(3)5-10-6-9-4;3*1-3-4-2;/h8H,1-2,5-6H2,3-4H3;3*1,3-4H2,2H3;. The predicted molar refractivity (Wildman–Crippen MR) is 106 cm³/mol. The first-order chi connectivity index (χ1) is 11.0. The van der Waals surface area contributed by atoms with E-state index in [0.717, 1.165) is 6.61 Å². The normalized spacial score (nSPS) is 13.3. The SMILES string of the molecule is C=C([CH2][Sn]([CH2]CCC)([CH2]CCC)[CH2]CCC)C(C)COCOC. The number of rotatable bonds is 16. The van der Waals surface area contributed by atoms with Gasteiger partial charge in [-0.1, -0.05) is 0 Å². The van der Waals surface area contributed by atoms with E-state index in [1.807, 2.05) is 0 Å². The van der Waals surface area contributed by atoms with Gasteiger partial charge in [0.1, 0.15) is 0 Å². The average molecular weight is 433 g/mol. The molecule has 0 saturated heterocycles. The average Bonchev–Trinajstić information content (AvgIpc) is 2.56. The number of unbranched alkanes of at least 4 members (excludes halogenated alkanes) is 3. The minimum atomic E-state index is -2.08. The molecule has 0 heterocycles. The van der Waals surface area contributed by atoms with Crippen molar-refractivity contribution in [1.82, 2.24) is 0 Å². The molecular weight excluding hydrogens is 391 g/mol. The Morgan fingerprint density at radius 2 is 1.43 bits per heavy atom. The summed E-state index contributed by atoms with van der Waals surface area (Å²) in [6.45, 7) is 14.9. The molecule has 0 fully saturated rings. The quantitative estimate of drug-likeness (QED) is 0.117. The second kappa shape index (κ2) is 14.8. The maximum atomic E-state index is 5.56. The Labute approximate surface area is 150 Å². The Morgan fingerprint density at radius 1 is 0.957 bits per heavy atom. The van der Waals surface area contributed by atoms with Gasteiger partial charge in [0.05, 0.1) is 0 Å². The van der Waals surface area contributed by atoms with E-state index in [9.17, 15) is 0 Å². The van der Waals surface area contributed by atoms with E-state index in [1.54, 1.807) is 20.4 Å². The molecule has 0 aromatic carbocycles. The summed E-state index contributed by atoms with van der Waals surface area (Å²) in [5.41, 5.74) is 1.46. The number of ether oxygens (including phenoxy) is 2. The fourth-order valence-corrected chi connectivity index (χ4v) is 20.2. The van der Waals surface area contributed by atoms with Crippen LogP contribution in [0.4, 0.5) is 0 Å². The molecule has 0 aliphatic rings. The second-order valence-corrected chi connectivity index (χ2v) is 21.2. The number of hydrogen-bond donors (Lipinski definition) is 0. The van der Waals surface area contributed by atoms with Crippen LogP contribution in [0.5, 0.6) is 0 Å². The van der Waals surface area contributed by atoms with Crippen molar-refractivity contribution in [3.05, 3.63) is 12.2 Å². The van der Waals surface area contributed by atoms with Crippen molar-refractivity contribution in [2.24, 2.45) is 5.92 Å². The van der Waals surface area contributed by atoms with E-state index in [-0.39, 0.29) is 0 Å². The van der Waals surface area contributed by atoms with Gasteiger partial charge < -0.3 is 0 Å². The number of methoxy groups -OCH3 is 1. The molecule has 0 N–H and O–H groups in total. The van der Waals surface area contributed by atoms with Crippen LogP contribution in [-0.4, -0.2) is 38.9 Å². The van der Waals surface area contributed by atoms with E-state index in [4.69, 9.17) is 9.47 Å². The molecule has 0 radical (unpaired) electrons. The molecule has 0 aliphatic heterocycles. The molecule has 1 atom stereocenters. The zero-order chi connectivity index (χ0) is 17.6. The van der Waals surface area contributed by atoms with Crippen LogP contribution >= 0.6 is 0 Å². The zero-order valence-corrected chi connectivity index (χ0v) is 19.4. The van der Waals surface area contributed by atoms with Crippen molar-refractivity contribution in [1.29, 1.82) is 0 Å². The van der Waals surface area contributed by atoms with Gasteiger partial charge in [0.25, 0.3) is 0 Å². The summed E-state index contributed by atoms with van der Waals surface area (Å²) in [6.07, 6.45) is 8.34. The molecule has 2 nitrogen and oxygen atoms in total. The van der Waals surface area contributed by atoms with Crippen LogP contribution in [0.2, 0.25) is 17.7 Å². The summed E-state index contributed by atoms with van der Waals surface area (Å²) in [4.78, 5) is 0. The van der Waals surface area contributed by atoms with E-state index in [0.29, 0.717) is 12.7 Å². The Hall–Kier alpha value is 0.459. The number of hydrogen-bond acceptors (Lipinski definition) is 2. The maximum absolute atomic E-state index is 5.56. The Kier molecular flexibility index (Phi) is 15.1. The van der Waals surface area contributed by atoms with Gasteiger partial charge in [-0.05, 0) is 0 Å². The third-order valence-corrected chi connectivity index (χ3v) is 20.6. The van der Waals surface area contributed by atoms with Crippen LogP contribution in [-0.2, 0) is 9.47 Å². The van der Waals surface area contributed by atoms with E-state index >= 15 is 0 Å². The van der Waals surface area contributed by atoms with E-state index in [1.165, 1.54) is 48.5 Å². The van der Waals surface area contributed by atoms with Gasteiger partial charge in [-0.3, -0.25) is 0 Å². The third-order valence-electron chi connectivity index (χ3n) is 5.05. The van der Waals surface area contributed by atoms with E-state index in [2.05, 4.69) is 34.3 Å². The van der Waals surface area contributed by atoms with Crippen molar-refractivity contribution in [3.8, 4) is 0 Å². The van der Waals surface area contributed by atoms with Crippen molar-refractivity contribution in [3.63, 3.8) is 0 Å². The first kappa shape index (κ1) is 23.5. The predicted octanol–water partition coefficient (Wildman–Crippen LogP) is 6.65. The van der Waals surface area contributed by atoms with Crippen molar-refractivity contribution < 1.29 is 9.47 Å². The second-order valence-electron chi connectivity index (χ2n) is 7.32. The summed E-state index contributed by atoms with van der Waals surface area (Å²) in [6, 6.07) is 0. The fourth-order valence-electron chi connectivity index (χ4n) is 3.38. The van der Waals surface area contributed by atoms with Gasteiger partial charge in [0.2, 0.25) is 0 Å². The van der Waals surface area contributed by atoms with Gasteiger partial charge in [0, 0.05) is 0 Å². The fraction of sp³-hybridized carbons (Fsp3) is 0.900. The first-order valence-corrected chi connectivity index (χ1v) is 17.9. The molecule has 0 bridgehead atoms. The summed E-state index contributed by atoms with van der Waals surface area (Å²) in [7, 11) is 1.68. The van der Waals surface area contributed by atoms with Gasteiger partial charge in [-0.25, -0.2) is 0 Å². The Balaban J connectivity index is 4.80. The molecule has 0 saturated carbocycles. The van der Waals surface area contributed by atoms with Gasteiger partial charge >= 0.3 is 150 Å². The van der Waals surface area contributed by atoms with E-state index < -0.39 is 18.4 Å². The summed E-state index contributed by atoms with van der Waals surface area (Å²) >= 11 is -2.08. The summed E-state index contributed by atoms with van der Waals surface area (Å²) < 4.78 is 16.6. The van der Waals surface area contributed by atoms with Crippen molar-refractivity contribution in [2.75, 3.05) is 20.5 Å². The Morgan fingerprint density at radius 3 is 1.83 bits per heavy atom.